The molecule has 0 aliphatic rings. The smallest absolute Gasteiger partial charge is 0.321 e. The number of hydrogen-bond donors (Lipinski definition) is 2. The predicted octanol–water partition coefficient (Wildman–Crippen LogP) is 1.30. The number of nitrogens with one attached hydrogen (secondary N) is 1. The molecule has 0 aliphatic carbocycles. The number of aryl methyl sites for hydroxylation is 2. The third-order valence-electron chi connectivity index (χ3n) is 3.19. The van der Waals surface area contributed by atoms with Crippen molar-refractivity contribution in [2.45, 2.75) is 58.5 Å². The van der Waals surface area contributed by atoms with Crippen LogP contribution >= 0.6 is 0 Å². The first-order valence-corrected chi connectivity index (χ1v) is 8.37. The van der Waals surface area contributed by atoms with Crippen molar-refractivity contribution in [1.29, 1.82) is 0 Å². The fraction of sp³-hybridized carbons (Fsp3) is 0.692. The first-order valence-electron chi connectivity index (χ1n) is 6.89. The molecule has 0 aromatic carbocycles. The molecule has 1 atom stereocenters. The number of carboxylic acid groups (broad SMARTS) is 1. The molecule has 1 heterocycles. The molecule has 0 aliphatic heterocycles. The van der Waals surface area contributed by atoms with Gasteiger partial charge in [0.05, 0.1) is 11.4 Å². The maximum atomic E-state index is 12.5. The van der Waals surface area contributed by atoms with Crippen LogP contribution in [0.15, 0.2) is 4.90 Å². The largest absolute Gasteiger partial charge is 0.480 e. The first-order chi connectivity index (χ1) is 9.60. The average Bonchev–Trinajstić information content (AvgIpc) is 2.62. The minimum Gasteiger partial charge on any atom is -0.480 e. The van der Waals surface area contributed by atoms with Crippen LogP contribution in [0, 0.1) is 19.8 Å². The van der Waals surface area contributed by atoms with Crippen molar-refractivity contribution in [3.8, 4) is 0 Å². The summed E-state index contributed by atoms with van der Waals surface area (Å²) in [6.45, 7) is 9.37. The summed E-state index contributed by atoms with van der Waals surface area (Å²) in [4.78, 5) is 11.3. The number of nitrogens with zero attached hydrogens (tertiary/aromatic N) is 2. The molecule has 0 spiro atoms. The van der Waals surface area contributed by atoms with E-state index < -0.39 is 22.0 Å². The third kappa shape index (κ3) is 4.04. The Bertz CT molecular complexity index is 620. The van der Waals surface area contributed by atoms with Crippen LogP contribution in [0.5, 0.6) is 0 Å². The highest BCUT2D eigenvalue weighted by Gasteiger charge is 2.30. The van der Waals surface area contributed by atoms with Gasteiger partial charge in [0.2, 0.25) is 10.0 Å². The Morgan fingerprint density at radius 2 is 1.95 bits per heavy atom. The number of rotatable bonds is 7. The van der Waals surface area contributed by atoms with E-state index in [4.69, 9.17) is 0 Å². The molecular formula is C13H23N3O4S. The van der Waals surface area contributed by atoms with Gasteiger partial charge < -0.3 is 5.11 Å². The number of sulfonamides is 1. The quantitative estimate of drug-likeness (QED) is 0.789. The summed E-state index contributed by atoms with van der Waals surface area (Å²) in [6.07, 6.45) is 0.231. The van der Waals surface area contributed by atoms with E-state index in [0.29, 0.717) is 17.9 Å². The molecule has 120 valence electrons. The van der Waals surface area contributed by atoms with Crippen LogP contribution in [-0.4, -0.2) is 35.3 Å². The SMILES string of the molecule is CCn1nc(C)c(S(=O)(=O)N[C@H](CC(C)C)C(=O)O)c1C. The minimum absolute atomic E-state index is 0.0642. The maximum Gasteiger partial charge on any atom is 0.321 e. The predicted molar refractivity (Wildman–Crippen MR) is 78.6 cm³/mol. The highest BCUT2D eigenvalue weighted by atomic mass is 32.2. The van der Waals surface area contributed by atoms with E-state index in [1.54, 1.807) is 18.5 Å². The van der Waals surface area contributed by atoms with Gasteiger partial charge in [0.25, 0.3) is 0 Å². The molecule has 0 saturated heterocycles. The molecule has 0 amide bonds. The van der Waals surface area contributed by atoms with E-state index >= 15 is 0 Å². The van der Waals surface area contributed by atoms with E-state index in [-0.39, 0.29) is 17.2 Å². The van der Waals surface area contributed by atoms with Crippen molar-refractivity contribution in [2.75, 3.05) is 0 Å². The lowest BCUT2D eigenvalue weighted by molar-refractivity contribution is -0.139. The van der Waals surface area contributed by atoms with Crippen molar-refractivity contribution in [1.82, 2.24) is 14.5 Å². The van der Waals surface area contributed by atoms with Crippen LogP contribution in [0.4, 0.5) is 0 Å². The lowest BCUT2D eigenvalue weighted by Gasteiger charge is -2.16. The molecule has 0 radical (unpaired) electrons. The van der Waals surface area contributed by atoms with Crippen molar-refractivity contribution in [2.24, 2.45) is 5.92 Å². The summed E-state index contributed by atoms with van der Waals surface area (Å²) >= 11 is 0. The van der Waals surface area contributed by atoms with E-state index in [2.05, 4.69) is 9.82 Å². The van der Waals surface area contributed by atoms with Gasteiger partial charge in [-0.15, -0.1) is 0 Å². The zero-order valence-corrected chi connectivity index (χ0v) is 13.9. The van der Waals surface area contributed by atoms with Crippen LogP contribution in [-0.2, 0) is 21.4 Å². The van der Waals surface area contributed by atoms with Gasteiger partial charge in [-0.2, -0.15) is 9.82 Å². The molecule has 21 heavy (non-hydrogen) atoms. The molecular weight excluding hydrogens is 294 g/mol. The molecule has 0 saturated carbocycles. The summed E-state index contributed by atoms with van der Waals surface area (Å²) in [7, 11) is -3.91. The van der Waals surface area contributed by atoms with E-state index in [1.807, 2.05) is 20.8 Å². The fourth-order valence-corrected chi connectivity index (χ4v) is 3.91. The van der Waals surface area contributed by atoms with Gasteiger partial charge in [-0.1, -0.05) is 13.8 Å². The van der Waals surface area contributed by atoms with Crippen LogP contribution in [0.3, 0.4) is 0 Å². The lowest BCUT2D eigenvalue weighted by Crippen LogP contribution is -2.41. The Morgan fingerprint density at radius 3 is 2.33 bits per heavy atom. The second-order valence-electron chi connectivity index (χ2n) is 5.46. The Labute approximate surface area is 125 Å². The summed E-state index contributed by atoms with van der Waals surface area (Å²) in [6, 6.07) is -1.14. The molecule has 1 aromatic rings. The molecule has 8 heteroatoms. The van der Waals surface area contributed by atoms with Gasteiger partial charge in [0.15, 0.2) is 0 Å². The number of aliphatic carboxylic acids is 1. The van der Waals surface area contributed by atoms with Gasteiger partial charge in [-0.25, -0.2) is 8.42 Å². The summed E-state index contributed by atoms with van der Waals surface area (Å²) in [5.41, 5.74) is 0.881. The maximum absolute atomic E-state index is 12.5. The Balaban J connectivity index is 3.16. The van der Waals surface area contributed by atoms with Crippen LogP contribution < -0.4 is 4.72 Å². The normalized spacial score (nSPS) is 13.6. The van der Waals surface area contributed by atoms with Gasteiger partial charge in [-0.3, -0.25) is 9.48 Å². The average molecular weight is 317 g/mol. The summed E-state index contributed by atoms with van der Waals surface area (Å²) in [5.74, 6) is -1.11. The molecule has 7 nitrogen and oxygen atoms in total. The standard InChI is InChI=1S/C13H23N3O4S/c1-6-16-10(5)12(9(4)14-16)21(19,20)15-11(13(17)18)7-8(2)3/h8,11,15H,6-7H2,1-5H3,(H,17,18)/t11-/m1/s1. The van der Waals surface area contributed by atoms with Gasteiger partial charge >= 0.3 is 5.97 Å². The molecule has 1 aromatic heterocycles. The summed E-state index contributed by atoms with van der Waals surface area (Å²) < 4.78 is 28.8. The molecule has 0 fully saturated rings. The second kappa shape index (κ2) is 6.57. The molecule has 0 unspecified atom stereocenters. The Hall–Kier alpha value is -1.41. The van der Waals surface area contributed by atoms with Crippen molar-refractivity contribution in [3.05, 3.63) is 11.4 Å². The van der Waals surface area contributed by atoms with Gasteiger partial charge in [0.1, 0.15) is 10.9 Å². The van der Waals surface area contributed by atoms with E-state index in [9.17, 15) is 18.3 Å². The first kappa shape index (κ1) is 17.6. The zero-order chi connectivity index (χ0) is 16.4. The second-order valence-corrected chi connectivity index (χ2v) is 7.11. The monoisotopic (exact) mass is 317 g/mol. The van der Waals surface area contributed by atoms with Crippen LogP contribution in [0.2, 0.25) is 0 Å². The zero-order valence-electron chi connectivity index (χ0n) is 13.0. The topological polar surface area (TPSA) is 101 Å². The number of carbonyl (C=O) groups is 1. The lowest BCUT2D eigenvalue weighted by atomic mass is 10.1. The minimum atomic E-state index is -3.91. The van der Waals surface area contributed by atoms with Gasteiger partial charge in [0, 0.05) is 6.54 Å². The molecule has 1 rings (SSSR count). The van der Waals surface area contributed by atoms with Crippen molar-refractivity contribution < 1.29 is 18.3 Å². The molecule has 2 N–H and O–H groups in total. The highest BCUT2D eigenvalue weighted by Crippen LogP contribution is 2.20. The summed E-state index contributed by atoms with van der Waals surface area (Å²) in [5, 5.41) is 13.3. The van der Waals surface area contributed by atoms with Gasteiger partial charge in [-0.05, 0) is 33.1 Å². The van der Waals surface area contributed by atoms with E-state index in [1.165, 1.54) is 0 Å². The van der Waals surface area contributed by atoms with E-state index in [0.717, 1.165) is 0 Å². The number of carboxylic acids is 1. The Morgan fingerprint density at radius 1 is 1.38 bits per heavy atom. The number of aromatic nitrogens is 2. The fourth-order valence-electron chi connectivity index (χ4n) is 2.29. The van der Waals surface area contributed by atoms with Crippen LogP contribution in [0.25, 0.3) is 0 Å². The molecule has 0 bridgehead atoms. The third-order valence-corrected chi connectivity index (χ3v) is 4.91. The van der Waals surface area contributed by atoms with Crippen molar-refractivity contribution in [3.63, 3.8) is 0 Å². The number of hydrogen-bond acceptors (Lipinski definition) is 4. The highest BCUT2D eigenvalue weighted by molar-refractivity contribution is 7.89. The Kier molecular flexibility index (Phi) is 5.52. The van der Waals surface area contributed by atoms with Crippen molar-refractivity contribution >= 4 is 16.0 Å². The van der Waals surface area contributed by atoms with Crippen LogP contribution in [0.1, 0.15) is 38.6 Å².